The summed E-state index contributed by atoms with van der Waals surface area (Å²) < 4.78 is 0. The molecule has 2 aromatic rings. The van der Waals surface area contributed by atoms with Crippen LogP contribution < -0.4 is 15.5 Å². The maximum Gasteiger partial charge on any atom is 0.313 e. The predicted octanol–water partition coefficient (Wildman–Crippen LogP) is 2.80. The van der Waals surface area contributed by atoms with Gasteiger partial charge in [0.25, 0.3) is 5.91 Å². The number of nitrogens with one attached hydrogen (secondary N) is 2. The van der Waals surface area contributed by atoms with Gasteiger partial charge in [-0.1, -0.05) is 6.07 Å². The molecule has 0 saturated carbocycles. The molecule has 3 amide bonds. The fourth-order valence-electron chi connectivity index (χ4n) is 2.93. The van der Waals surface area contributed by atoms with E-state index >= 15 is 0 Å². The van der Waals surface area contributed by atoms with Gasteiger partial charge in [-0.2, -0.15) is 0 Å². The highest BCUT2D eigenvalue weighted by Gasteiger charge is 2.25. The van der Waals surface area contributed by atoms with E-state index in [1.54, 1.807) is 24.8 Å². The third-order valence-corrected chi connectivity index (χ3v) is 4.92. The van der Waals surface area contributed by atoms with Crippen molar-refractivity contribution in [1.82, 2.24) is 5.32 Å². The van der Waals surface area contributed by atoms with Gasteiger partial charge < -0.3 is 15.5 Å². The van der Waals surface area contributed by atoms with Gasteiger partial charge in [-0.15, -0.1) is 11.3 Å². The van der Waals surface area contributed by atoms with Gasteiger partial charge in [-0.3, -0.25) is 14.4 Å². The van der Waals surface area contributed by atoms with Gasteiger partial charge in [-0.25, -0.2) is 0 Å². The number of aryl methyl sites for hydroxylation is 1. The molecule has 3 rings (SSSR count). The van der Waals surface area contributed by atoms with Crippen LogP contribution in [0.5, 0.6) is 0 Å². The Morgan fingerprint density at radius 3 is 2.65 bits per heavy atom. The number of carbonyl (C=O) groups is 3. The smallest absolute Gasteiger partial charge is 0.313 e. The summed E-state index contributed by atoms with van der Waals surface area (Å²) >= 11 is 1.43. The molecule has 1 aromatic carbocycles. The first-order chi connectivity index (χ1) is 12.5. The molecule has 1 aliphatic rings. The second-order valence-corrected chi connectivity index (χ2v) is 7.41. The van der Waals surface area contributed by atoms with E-state index in [1.807, 2.05) is 29.6 Å². The van der Waals surface area contributed by atoms with Gasteiger partial charge in [0, 0.05) is 24.0 Å². The topological polar surface area (TPSA) is 78.5 Å². The van der Waals surface area contributed by atoms with Crippen molar-refractivity contribution >= 4 is 40.4 Å². The number of thiophene rings is 1. The molecule has 6 nitrogen and oxygen atoms in total. The van der Waals surface area contributed by atoms with Crippen molar-refractivity contribution in [3.63, 3.8) is 0 Å². The summed E-state index contributed by atoms with van der Waals surface area (Å²) in [4.78, 5) is 38.9. The van der Waals surface area contributed by atoms with Crippen LogP contribution >= 0.6 is 11.3 Å². The van der Waals surface area contributed by atoms with E-state index in [-0.39, 0.29) is 11.9 Å². The SMILES string of the molecule is CC(C)NC(=O)C(=O)Nc1ccc2c(c1)CCCN2C(=O)c1cccs1. The average molecular weight is 371 g/mol. The minimum atomic E-state index is -0.694. The molecule has 0 bridgehead atoms. The molecule has 1 aliphatic heterocycles. The lowest BCUT2D eigenvalue weighted by atomic mass is 10.0. The molecule has 7 heteroatoms. The van der Waals surface area contributed by atoms with Crippen molar-refractivity contribution in [2.45, 2.75) is 32.7 Å². The minimum absolute atomic E-state index is 0.00551. The van der Waals surface area contributed by atoms with Crippen molar-refractivity contribution < 1.29 is 14.4 Å². The molecule has 0 fully saturated rings. The van der Waals surface area contributed by atoms with E-state index in [0.29, 0.717) is 17.1 Å². The second-order valence-electron chi connectivity index (χ2n) is 6.46. The van der Waals surface area contributed by atoms with Gasteiger partial charge in [0.15, 0.2) is 0 Å². The van der Waals surface area contributed by atoms with E-state index in [1.165, 1.54) is 11.3 Å². The van der Waals surface area contributed by atoms with Crippen LogP contribution in [0.4, 0.5) is 11.4 Å². The summed E-state index contributed by atoms with van der Waals surface area (Å²) in [7, 11) is 0. The quantitative estimate of drug-likeness (QED) is 0.815. The van der Waals surface area contributed by atoms with Crippen LogP contribution in [0.25, 0.3) is 0 Å². The summed E-state index contributed by atoms with van der Waals surface area (Å²) in [5.74, 6) is -1.36. The first kappa shape index (κ1) is 18.1. The third kappa shape index (κ3) is 3.94. The highest BCUT2D eigenvalue weighted by Crippen LogP contribution is 2.31. The largest absolute Gasteiger partial charge is 0.346 e. The number of fused-ring (bicyclic) bond motifs is 1. The maximum absolute atomic E-state index is 12.7. The summed E-state index contributed by atoms with van der Waals surface area (Å²) in [5, 5.41) is 7.06. The predicted molar refractivity (Wildman–Crippen MR) is 103 cm³/mol. The van der Waals surface area contributed by atoms with E-state index in [0.717, 1.165) is 24.1 Å². The lowest BCUT2D eigenvalue weighted by Crippen LogP contribution is -2.39. The number of benzene rings is 1. The van der Waals surface area contributed by atoms with E-state index in [2.05, 4.69) is 10.6 Å². The number of amides is 3. The number of hydrogen-bond donors (Lipinski definition) is 2. The Hall–Kier alpha value is -2.67. The van der Waals surface area contributed by atoms with Crippen molar-refractivity contribution in [2.24, 2.45) is 0 Å². The second kappa shape index (κ2) is 7.70. The molecule has 0 radical (unpaired) electrons. The van der Waals surface area contributed by atoms with E-state index in [9.17, 15) is 14.4 Å². The molecule has 0 atom stereocenters. The van der Waals surface area contributed by atoms with Crippen molar-refractivity contribution in [2.75, 3.05) is 16.8 Å². The van der Waals surface area contributed by atoms with Gasteiger partial charge in [0.2, 0.25) is 0 Å². The molecule has 0 spiro atoms. The lowest BCUT2D eigenvalue weighted by Gasteiger charge is -2.29. The molecule has 0 aliphatic carbocycles. The molecular weight excluding hydrogens is 350 g/mol. The zero-order valence-electron chi connectivity index (χ0n) is 14.7. The molecule has 0 saturated heterocycles. The van der Waals surface area contributed by atoms with Crippen LogP contribution in [-0.4, -0.2) is 30.3 Å². The van der Waals surface area contributed by atoms with Gasteiger partial charge >= 0.3 is 11.8 Å². The Kier molecular flexibility index (Phi) is 5.37. The maximum atomic E-state index is 12.7. The lowest BCUT2D eigenvalue weighted by molar-refractivity contribution is -0.136. The number of hydrogen-bond acceptors (Lipinski definition) is 4. The monoisotopic (exact) mass is 371 g/mol. The Morgan fingerprint density at radius 2 is 1.96 bits per heavy atom. The van der Waals surface area contributed by atoms with Crippen LogP contribution in [0.2, 0.25) is 0 Å². The fraction of sp³-hybridized carbons (Fsp3) is 0.316. The number of rotatable bonds is 3. The van der Waals surface area contributed by atoms with Crippen molar-refractivity contribution in [3.8, 4) is 0 Å². The normalized spacial score (nSPS) is 13.3. The van der Waals surface area contributed by atoms with Crippen molar-refractivity contribution in [1.29, 1.82) is 0 Å². The van der Waals surface area contributed by atoms with E-state index in [4.69, 9.17) is 0 Å². The summed E-state index contributed by atoms with van der Waals surface area (Å²) in [6, 6.07) is 8.97. The van der Waals surface area contributed by atoms with Crippen LogP contribution in [0.15, 0.2) is 35.7 Å². The third-order valence-electron chi connectivity index (χ3n) is 4.06. The Bertz CT molecular complexity index is 831. The summed E-state index contributed by atoms with van der Waals surface area (Å²) in [5.41, 5.74) is 2.40. The fourth-order valence-corrected chi connectivity index (χ4v) is 3.61. The van der Waals surface area contributed by atoms with Crippen LogP contribution in [-0.2, 0) is 16.0 Å². The summed E-state index contributed by atoms with van der Waals surface area (Å²) in [6.45, 7) is 4.26. The standard InChI is InChI=1S/C19H21N3O3S/c1-12(2)20-17(23)18(24)21-14-7-8-15-13(11-14)5-3-9-22(15)19(25)16-6-4-10-26-16/h4,6-8,10-12H,3,5,9H2,1-2H3,(H,20,23)(H,21,24). The first-order valence-electron chi connectivity index (χ1n) is 8.56. The van der Waals surface area contributed by atoms with Gasteiger partial charge in [-0.05, 0) is 61.9 Å². The number of carbonyl (C=O) groups excluding carboxylic acids is 3. The van der Waals surface area contributed by atoms with Gasteiger partial charge in [0.05, 0.1) is 4.88 Å². The zero-order valence-corrected chi connectivity index (χ0v) is 15.6. The van der Waals surface area contributed by atoms with Crippen LogP contribution in [0.3, 0.4) is 0 Å². The first-order valence-corrected chi connectivity index (χ1v) is 9.44. The van der Waals surface area contributed by atoms with Gasteiger partial charge in [0.1, 0.15) is 0 Å². The minimum Gasteiger partial charge on any atom is -0.346 e. The molecule has 1 aromatic heterocycles. The molecule has 2 heterocycles. The Morgan fingerprint density at radius 1 is 1.15 bits per heavy atom. The summed E-state index contributed by atoms with van der Waals surface area (Å²) in [6.07, 6.45) is 1.68. The zero-order chi connectivity index (χ0) is 18.7. The number of nitrogens with zero attached hydrogens (tertiary/aromatic N) is 1. The van der Waals surface area contributed by atoms with Crippen molar-refractivity contribution in [3.05, 3.63) is 46.2 Å². The van der Waals surface area contributed by atoms with Crippen LogP contribution in [0, 0.1) is 0 Å². The highest BCUT2D eigenvalue weighted by atomic mass is 32.1. The molecule has 0 unspecified atom stereocenters. The molecule has 2 N–H and O–H groups in total. The molecular formula is C19H21N3O3S. The number of anilines is 2. The average Bonchev–Trinajstić information content (AvgIpc) is 3.14. The molecule has 136 valence electrons. The molecule has 26 heavy (non-hydrogen) atoms. The Balaban J connectivity index is 1.77. The highest BCUT2D eigenvalue weighted by molar-refractivity contribution is 7.12. The Labute approximate surface area is 156 Å². The van der Waals surface area contributed by atoms with Crippen LogP contribution in [0.1, 0.15) is 35.5 Å². The van der Waals surface area contributed by atoms with E-state index < -0.39 is 11.8 Å².